The number of hydrogen-bond donors (Lipinski definition) is 0. The van der Waals surface area contributed by atoms with Crippen LogP contribution in [0.2, 0.25) is 0 Å². The number of aryl methyl sites for hydroxylation is 1. The predicted octanol–water partition coefficient (Wildman–Crippen LogP) is 20.7. The summed E-state index contributed by atoms with van der Waals surface area (Å²) in [6.07, 6.45) is 1.93. The SMILES string of the molecule is C=Cc1c(C)oc2ccc(N(c3ccccc3)c3cc4c(s3)C3(c5ccccc5C(C)(C)c5ccccc53)c3cc(N(c5ccccc5)c5ccc6oc7ccccc7c6c5)sc3C43c4ccccc4C(C)(C)c4ccccc43)cc12. The van der Waals surface area contributed by atoms with Crippen LogP contribution >= 0.6 is 22.7 Å². The summed E-state index contributed by atoms with van der Waals surface area (Å²) in [5, 5.41) is 5.51. The average Bonchev–Trinajstić information content (AvgIpc) is 2.57. The molecule has 81 heavy (non-hydrogen) atoms. The minimum atomic E-state index is -0.774. The van der Waals surface area contributed by atoms with Gasteiger partial charge in [0.1, 0.15) is 32.5 Å². The monoisotopic (exact) mass is 1080 g/mol. The van der Waals surface area contributed by atoms with Gasteiger partial charge in [0.05, 0.1) is 10.8 Å². The molecule has 0 fully saturated rings. The zero-order chi connectivity index (χ0) is 54.6. The van der Waals surface area contributed by atoms with Crippen LogP contribution in [0.4, 0.5) is 32.8 Å². The second kappa shape index (κ2) is 17.3. The molecule has 13 aromatic rings. The molecule has 0 unspecified atom stereocenters. The van der Waals surface area contributed by atoms with Gasteiger partial charge in [0.25, 0.3) is 0 Å². The van der Waals surface area contributed by atoms with Gasteiger partial charge < -0.3 is 18.6 Å². The van der Waals surface area contributed by atoms with Crippen molar-refractivity contribution in [3.8, 4) is 0 Å². The van der Waals surface area contributed by atoms with Crippen molar-refractivity contribution in [1.29, 1.82) is 0 Å². The van der Waals surface area contributed by atoms with Crippen molar-refractivity contribution in [3.05, 3.63) is 314 Å². The number of thiophene rings is 2. The number of fused-ring (bicyclic) bond motifs is 18. The molecule has 3 aliphatic rings. The van der Waals surface area contributed by atoms with Crippen LogP contribution in [0, 0.1) is 6.92 Å². The Balaban J connectivity index is 1.09. The highest BCUT2D eigenvalue weighted by Crippen LogP contribution is 2.71. The van der Waals surface area contributed by atoms with Gasteiger partial charge >= 0.3 is 0 Å². The summed E-state index contributed by atoms with van der Waals surface area (Å²) in [6.45, 7) is 16.0. The van der Waals surface area contributed by atoms with Crippen LogP contribution in [0.15, 0.2) is 246 Å². The first-order valence-corrected chi connectivity index (χ1v) is 29.6. The summed E-state index contributed by atoms with van der Waals surface area (Å²) in [6, 6.07) is 86.4. The van der Waals surface area contributed by atoms with Gasteiger partial charge in [-0.2, -0.15) is 0 Å². The predicted molar refractivity (Wildman–Crippen MR) is 338 cm³/mol. The molecule has 4 nitrogen and oxygen atoms in total. The van der Waals surface area contributed by atoms with E-state index >= 15 is 0 Å². The largest absolute Gasteiger partial charge is 0.461 e. The fourth-order valence-corrected chi connectivity index (χ4v) is 17.8. The molecule has 4 heterocycles. The van der Waals surface area contributed by atoms with Gasteiger partial charge in [-0.25, -0.2) is 0 Å². The van der Waals surface area contributed by atoms with Crippen molar-refractivity contribution >= 4 is 94.4 Å². The van der Waals surface area contributed by atoms with Crippen LogP contribution in [0.5, 0.6) is 0 Å². The molecule has 9 aromatic carbocycles. The zero-order valence-electron chi connectivity index (χ0n) is 45.8. The van der Waals surface area contributed by atoms with Gasteiger partial charge in [-0.15, -0.1) is 22.7 Å². The molecule has 0 amide bonds. The van der Waals surface area contributed by atoms with Crippen molar-refractivity contribution in [1.82, 2.24) is 0 Å². The lowest BCUT2D eigenvalue weighted by Crippen LogP contribution is -2.50. The molecule has 3 aliphatic carbocycles. The summed E-state index contributed by atoms with van der Waals surface area (Å²) in [4.78, 5) is 7.63. The van der Waals surface area contributed by atoms with E-state index in [-0.39, 0.29) is 10.8 Å². The molecule has 390 valence electrons. The maximum atomic E-state index is 6.50. The lowest BCUT2D eigenvalue weighted by molar-refractivity contribution is 0.522. The summed E-state index contributed by atoms with van der Waals surface area (Å²) in [5.41, 5.74) is 18.9. The number of furan rings is 2. The van der Waals surface area contributed by atoms with E-state index < -0.39 is 10.8 Å². The van der Waals surface area contributed by atoms with Gasteiger partial charge in [0, 0.05) is 65.1 Å². The number of benzene rings is 9. The van der Waals surface area contributed by atoms with Gasteiger partial charge in [0.15, 0.2) is 0 Å². The second-order valence-electron chi connectivity index (χ2n) is 23.2. The number of hydrogen-bond acceptors (Lipinski definition) is 6. The molecule has 0 atom stereocenters. The minimum Gasteiger partial charge on any atom is -0.461 e. The molecular formula is C75H56N2O2S2. The van der Waals surface area contributed by atoms with Crippen molar-refractivity contribution < 1.29 is 8.83 Å². The molecule has 0 N–H and O–H groups in total. The number of para-hydroxylation sites is 3. The number of rotatable bonds is 7. The average molecular weight is 1080 g/mol. The van der Waals surface area contributed by atoms with Crippen LogP contribution < -0.4 is 9.80 Å². The van der Waals surface area contributed by atoms with Gasteiger partial charge in [-0.3, -0.25) is 0 Å². The van der Waals surface area contributed by atoms with E-state index in [2.05, 4.69) is 275 Å². The summed E-state index contributed by atoms with van der Waals surface area (Å²) in [5.74, 6) is 0.862. The molecule has 4 aromatic heterocycles. The Kier molecular flexibility index (Phi) is 10.2. The Labute approximate surface area is 480 Å². The summed E-state index contributed by atoms with van der Waals surface area (Å²) >= 11 is 3.89. The first kappa shape index (κ1) is 48.0. The fraction of sp³-hybridized carbons (Fsp3) is 0.120. The second-order valence-corrected chi connectivity index (χ2v) is 25.2. The molecule has 0 saturated carbocycles. The van der Waals surface area contributed by atoms with Crippen LogP contribution in [0.3, 0.4) is 0 Å². The third-order valence-corrected chi connectivity index (χ3v) is 20.9. The topological polar surface area (TPSA) is 32.8 Å². The van der Waals surface area contributed by atoms with Crippen LogP contribution in [0.25, 0.3) is 39.0 Å². The maximum absolute atomic E-state index is 6.50. The van der Waals surface area contributed by atoms with Gasteiger partial charge in [-0.1, -0.05) is 192 Å². The molecule has 0 bridgehead atoms. The Morgan fingerprint density at radius 1 is 0.358 bits per heavy atom. The van der Waals surface area contributed by atoms with Crippen molar-refractivity contribution in [2.24, 2.45) is 0 Å². The Morgan fingerprint density at radius 3 is 1.17 bits per heavy atom. The summed E-state index contributed by atoms with van der Waals surface area (Å²) in [7, 11) is 0. The first-order valence-electron chi connectivity index (χ1n) is 28.0. The highest BCUT2D eigenvalue weighted by Gasteiger charge is 2.62. The highest BCUT2D eigenvalue weighted by atomic mass is 32.1. The normalized spacial score (nSPS) is 15.4. The van der Waals surface area contributed by atoms with Crippen molar-refractivity contribution in [2.75, 3.05) is 9.80 Å². The van der Waals surface area contributed by atoms with E-state index in [9.17, 15) is 0 Å². The first-order chi connectivity index (χ1) is 39.5. The molecule has 6 heteroatoms. The van der Waals surface area contributed by atoms with E-state index in [0.29, 0.717) is 0 Å². The van der Waals surface area contributed by atoms with Crippen LogP contribution in [0.1, 0.15) is 104 Å². The molecule has 0 saturated heterocycles. The van der Waals surface area contributed by atoms with E-state index in [0.717, 1.165) is 77.0 Å². The summed E-state index contributed by atoms with van der Waals surface area (Å²) < 4.78 is 12.9. The van der Waals surface area contributed by atoms with Crippen LogP contribution in [-0.4, -0.2) is 0 Å². The van der Waals surface area contributed by atoms with Gasteiger partial charge in [-0.05, 0) is 141 Å². The molecule has 16 rings (SSSR count). The maximum Gasteiger partial charge on any atom is 0.135 e. The Hall–Kier alpha value is -8.94. The third-order valence-electron chi connectivity index (χ3n) is 18.4. The lowest BCUT2D eigenvalue weighted by Gasteiger charge is -2.55. The lowest BCUT2D eigenvalue weighted by atomic mass is 9.48. The number of nitrogens with zero attached hydrogens (tertiary/aromatic N) is 2. The van der Waals surface area contributed by atoms with E-state index in [1.807, 2.05) is 35.7 Å². The third kappa shape index (κ3) is 6.40. The fourth-order valence-electron chi connectivity index (χ4n) is 14.8. The smallest absolute Gasteiger partial charge is 0.135 e. The quantitative estimate of drug-likeness (QED) is 0.159. The molecule has 0 aliphatic heterocycles. The van der Waals surface area contributed by atoms with Crippen molar-refractivity contribution in [2.45, 2.75) is 56.3 Å². The zero-order valence-corrected chi connectivity index (χ0v) is 47.4. The standard InChI is InChI=1S/C75H56N2O2S2/c1-7-51-46(2)78-66-40-38-49(42-53(51)66)76(47-24-10-8-11-25-47)68-44-63-70(80-68)75(61-35-21-17-31-57(61)73(5,6)58-32-18-22-36-62(58)75)64-45-69(81-71(64)74(63)59-33-19-15-29-55(59)72(3,4)56-30-16-20-34-60(56)74)77(48-26-12-9-13-27-48)50-39-41-67-54(43-50)52-28-14-23-37-65(52)79-67/h7-45H,1H2,2-6H3. The van der Waals surface area contributed by atoms with Crippen LogP contribution in [-0.2, 0) is 21.7 Å². The van der Waals surface area contributed by atoms with E-state index in [4.69, 9.17) is 8.83 Å². The van der Waals surface area contributed by atoms with E-state index in [1.54, 1.807) is 0 Å². The van der Waals surface area contributed by atoms with E-state index in [1.165, 1.54) is 65.4 Å². The highest BCUT2D eigenvalue weighted by molar-refractivity contribution is 7.18. The van der Waals surface area contributed by atoms with Crippen molar-refractivity contribution in [3.63, 3.8) is 0 Å². The number of anilines is 6. The molecule has 2 spiro atoms. The van der Waals surface area contributed by atoms with Gasteiger partial charge in [0.2, 0.25) is 0 Å². The molecular weight excluding hydrogens is 1020 g/mol. The Bertz CT molecular complexity index is 4470. The molecule has 0 radical (unpaired) electrons. The minimum absolute atomic E-state index is 0.309. The Morgan fingerprint density at radius 2 is 0.728 bits per heavy atom.